The lowest BCUT2D eigenvalue weighted by Crippen LogP contribution is -2.51. The molecule has 35 heavy (non-hydrogen) atoms. The molecule has 2 aromatic heterocycles. The molecule has 0 amide bonds. The number of aliphatic carboxylic acids is 1. The minimum absolute atomic E-state index is 0.000143. The van der Waals surface area contributed by atoms with E-state index in [1.54, 1.807) is 6.07 Å². The smallest absolute Gasteiger partial charge is 0.308 e. The Bertz CT molecular complexity index is 1420. The molecule has 0 radical (unpaired) electrons. The Balaban J connectivity index is 1.47. The lowest BCUT2D eigenvalue weighted by molar-refractivity contribution is -0.148. The van der Waals surface area contributed by atoms with Gasteiger partial charge in [0, 0.05) is 29.1 Å². The van der Waals surface area contributed by atoms with Crippen molar-refractivity contribution in [3.63, 3.8) is 0 Å². The summed E-state index contributed by atoms with van der Waals surface area (Å²) in [5.41, 5.74) is 1.73. The van der Waals surface area contributed by atoms with Gasteiger partial charge in [-0.25, -0.2) is 18.7 Å². The van der Waals surface area contributed by atoms with E-state index in [4.69, 9.17) is 0 Å². The van der Waals surface area contributed by atoms with Crippen molar-refractivity contribution in [2.75, 3.05) is 5.32 Å². The number of benzene rings is 2. The predicted octanol–water partition coefficient (Wildman–Crippen LogP) is 5.27. The van der Waals surface area contributed by atoms with E-state index >= 15 is 0 Å². The highest BCUT2D eigenvalue weighted by molar-refractivity contribution is 5.92. The molecule has 3 N–H and O–H groups in total. The molecule has 9 heteroatoms. The first-order valence-electron chi connectivity index (χ1n) is 11.8. The van der Waals surface area contributed by atoms with Crippen LogP contribution in [0.25, 0.3) is 33.7 Å². The van der Waals surface area contributed by atoms with E-state index in [2.05, 4.69) is 25.5 Å². The second-order valence-corrected chi connectivity index (χ2v) is 9.42. The van der Waals surface area contributed by atoms with E-state index in [-0.39, 0.29) is 34.6 Å². The van der Waals surface area contributed by atoms with Crippen molar-refractivity contribution in [3.05, 3.63) is 60.2 Å². The molecule has 178 valence electrons. The number of H-pyrrole nitrogens is 1. The van der Waals surface area contributed by atoms with Gasteiger partial charge in [0.2, 0.25) is 0 Å². The minimum Gasteiger partial charge on any atom is -0.481 e. The molecule has 2 heterocycles. The Labute approximate surface area is 199 Å². The molecule has 2 atom stereocenters. The molecular weight excluding hydrogens is 452 g/mol. The number of anilines is 1. The Hall–Kier alpha value is -3.88. The van der Waals surface area contributed by atoms with Gasteiger partial charge < -0.3 is 10.4 Å². The van der Waals surface area contributed by atoms with Crippen molar-refractivity contribution < 1.29 is 18.7 Å². The fraction of sp³-hybridized carbons (Fsp3) is 0.308. The zero-order valence-electron chi connectivity index (χ0n) is 18.7. The summed E-state index contributed by atoms with van der Waals surface area (Å²) in [5.74, 6) is -1.70. The Morgan fingerprint density at radius 1 is 1.00 bits per heavy atom. The average Bonchev–Trinajstić information content (AvgIpc) is 3.29. The molecule has 0 aliphatic heterocycles. The minimum atomic E-state index is -0.792. The quantitative estimate of drug-likeness (QED) is 0.364. The molecule has 3 aliphatic rings. The molecule has 3 saturated carbocycles. The van der Waals surface area contributed by atoms with Crippen molar-refractivity contribution in [3.8, 4) is 22.8 Å². The van der Waals surface area contributed by atoms with Gasteiger partial charge in [-0.05, 0) is 43.6 Å². The number of fused-ring (bicyclic) bond motifs is 4. The fourth-order valence-corrected chi connectivity index (χ4v) is 5.79. The SMILES string of the molecule is O=C(O)[C@H]1C2CCC(CC2)[C@@H]1Nc1cc(-c2ccccc2)nc(-c2[nH]nc3c(F)cc(F)cc23)n1. The van der Waals surface area contributed by atoms with Crippen molar-refractivity contribution in [2.45, 2.75) is 31.7 Å². The number of carboxylic acid groups (broad SMARTS) is 1. The number of nitrogens with one attached hydrogen (secondary N) is 2. The predicted molar refractivity (Wildman–Crippen MR) is 126 cm³/mol. The third kappa shape index (κ3) is 3.80. The molecule has 0 spiro atoms. The molecule has 2 aromatic carbocycles. The molecule has 2 bridgehead atoms. The van der Waals surface area contributed by atoms with E-state index in [1.807, 2.05) is 30.3 Å². The van der Waals surface area contributed by atoms with Crippen LogP contribution in [0, 0.1) is 29.4 Å². The number of carbonyl (C=O) groups is 1. The van der Waals surface area contributed by atoms with Crippen LogP contribution in [0.15, 0.2) is 48.5 Å². The first-order chi connectivity index (χ1) is 17.0. The summed E-state index contributed by atoms with van der Waals surface area (Å²) in [5, 5.41) is 20.4. The van der Waals surface area contributed by atoms with Crippen LogP contribution in [0.4, 0.5) is 14.6 Å². The number of aromatic nitrogens is 4. The summed E-state index contributed by atoms with van der Waals surface area (Å²) in [6.45, 7) is 0. The van der Waals surface area contributed by atoms with Gasteiger partial charge in [-0.3, -0.25) is 9.89 Å². The van der Waals surface area contributed by atoms with E-state index in [9.17, 15) is 18.7 Å². The number of halogens is 2. The lowest BCUT2D eigenvalue weighted by Gasteiger charge is -2.47. The largest absolute Gasteiger partial charge is 0.481 e. The lowest BCUT2D eigenvalue weighted by atomic mass is 9.61. The second-order valence-electron chi connectivity index (χ2n) is 9.42. The summed E-state index contributed by atoms with van der Waals surface area (Å²) in [7, 11) is 0. The Kier molecular flexibility index (Phi) is 5.20. The van der Waals surface area contributed by atoms with Crippen LogP contribution in [0.2, 0.25) is 0 Å². The fourth-order valence-electron chi connectivity index (χ4n) is 5.79. The topological polar surface area (TPSA) is 104 Å². The summed E-state index contributed by atoms with van der Waals surface area (Å²) in [4.78, 5) is 21.5. The van der Waals surface area contributed by atoms with Crippen molar-refractivity contribution in [1.29, 1.82) is 0 Å². The van der Waals surface area contributed by atoms with Crippen LogP contribution in [0.3, 0.4) is 0 Å². The summed E-state index contributed by atoms with van der Waals surface area (Å²) in [6.07, 6.45) is 3.83. The molecule has 4 aromatic rings. The van der Waals surface area contributed by atoms with Gasteiger partial charge >= 0.3 is 5.97 Å². The van der Waals surface area contributed by atoms with Crippen LogP contribution >= 0.6 is 0 Å². The highest BCUT2D eigenvalue weighted by Crippen LogP contribution is 2.46. The van der Waals surface area contributed by atoms with E-state index < -0.39 is 23.5 Å². The third-order valence-corrected chi connectivity index (χ3v) is 7.42. The van der Waals surface area contributed by atoms with Gasteiger partial charge in [-0.15, -0.1) is 0 Å². The number of hydrogen-bond acceptors (Lipinski definition) is 5. The zero-order chi connectivity index (χ0) is 24.1. The van der Waals surface area contributed by atoms with Gasteiger partial charge in [0.25, 0.3) is 0 Å². The van der Waals surface area contributed by atoms with Crippen LogP contribution in [-0.4, -0.2) is 37.3 Å². The molecule has 3 fully saturated rings. The third-order valence-electron chi connectivity index (χ3n) is 7.42. The number of rotatable bonds is 5. The molecule has 7 nitrogen and oxygen atoms in total. The molecule has 0 unspecified atom stereocenters. The molecule has 0 saturated heterocycles. The van der Waals surface area contributed by atoms with Gasteiger partial charge in [0.05, 0.1) is 11.6 Å². The van der Waals surface area contributed by atoms with Gasteiger partial charge in [0.15, 0.2) is 11.6 Å². The summed E-state index contributed by atoms with van der Waals surface area (Å²) < 4.78 is 28.3. The number of hydrogen-bond donors (Lipinski definition) is 3. The molecular formula is C26H23F2N5O2. The van der Waals surface area contributed by atoms with Gasteiger partial charge in [-0.2, -0.15) is 5.10 Å². The van der Waals surface area contributed by atoms with Crippen LogP contribution in [0.1, 0.15) is 25.7 Å². The zero-order valence-corrected chi connectivity index (χ0v) is 18.7. The maximum absolute atomic E-state index is 14.3. The second kappa shape index (κ2) is 8.41. The Morgan fingerprint density at radius 3 is 2.49 bits per heavy atom. The maximum Gasteiger partial charge on any atom is 0.308 e. The van der Waals surface area contributed by atoms with E-state index in [1.165, 1.54) is 6.07 Å². The highest BCUT2D eigenvalue weighted by atomic mass is 19.1. The highest BCUT2D eigenvalue weighted by Gasteiger charge is 2.47. The first-order valence-corrected chi connectivity index (χ1v) is 11.8. The summed E-state index contributed by atoms with van der Waals surface area (Å²) in [6, 6.07) is 13.0. The van der Waals surface area contributed by atoms with Crippen LogP contribution < -0.4 is 5.32 Å². The van der Waals surface area contributed by atoms with Crippen molar-refractivity contribution >= 4 is 22.7 Å². The average molecular weight is 475 g/mol. The van der Waals surface area contributed by atoms with Gasteiger partial charge in [-0.1, -0.05) is 30.3 Å². The summed E-state index contributed by atoms with van der Waals surface area (Å²) >= 11 is 0. The number of nitrogens with zero attached hydrogens (tertiary/aromatic N) is 3. The molecule has 7 rings (SSSR count). The van der Waals surface area contributed by atoms with Crippen molar-refractivity contribution in [1.82, 2.24) is 20.2 Å². The van der Waals surface area contributed by atoms with E-state index in [0.29, 0.717) is 17.2 Å². The van der Waals surface area contributed by atoms with Crippen LogP contribution in [-0.2, 0) is 4.79 Å². The number of aromatic amines is 1. The monoisotopic (exact) mass is 475 g/mol. The standard InChI is InChI=1S/C26H23F2N5O2/c27-16-10-17-23(18(28)11-16)32-33-24(17)25-29-19(13-4-2-1-3-5-13)12-20(31-25)30-22-15-8-6-14(7-9-15)21(22)26(34)35/h1-5,10-12,14-15,21-22H,6-9H2,(H,32,33)(H,34,35)(H,29,30,31)/t14?,15?,21-,22-/m0/s1. The first kappa shape index (κ1) is 21.6. The van der Waals surface area contributed by atoms with Crippen molar-refractivity contribution in [2.24, 2.45) is 17.8 Å². The van der Waals surface area contributed by atoms with Crippen LogP contribution in [0.5, 0.6) is 0 Å². The maximum atomic E-state index is 14.3. The normalized spacial score (nSPS) is 23.5. The Morgan fingerprint density at radius 2 is 1.74 bits per heavy atom. The van der Waals surface area contributed by atoms with E-state index in [0.717, 1.165) is 37.3 Å². The van der Waals surface area contributed by atoms with Gasteiger partial charge in [0.1, 0.15) is 22.8 Å². The molecule has 3 aliphatic carbocycles. The number of carboxylic acids is 1.